The van der Waals surface area contributed by atoms with Gasteiger partial charge in [-0.2, -0.15) is 4.98 Å². The number of urea groups is 1. The molecule has 1 aliphatic carbocycles. The number of hydrogen-bond acceptors (Lipinski definition) is 9. The number of aromatic nitrogens is 2. The van der Waals surface area contributed by atoms with Gasteiger partial charge in [0, 0.05) is 57.5 Å². The highest BCUT2D eigenvalue weighted by molar-refractivity contribution is 5.90. The van der Waals surface area contributed by atoms with Crippen LogP contribution in [-0.4, -0.2) is 110 Å². The molecular formula is C38H56N8O7. The number of nitrogens with one attached hydrogen (secondary N) is 3. The summed E-state index contributed by atoms with van der Waals surface area (Å²) in [6.07, 6.45) is 0.523. The molecule has 0 spiro atoms. The van der Waals surface area contributed by atoms with Crippen molar-refractivity contribution in [3.63, 3.8) is 0 Å². The number of alkyl carbamates (subject to hydrolysis) is 2. The normalized spacial score (nSPS) is 20.7. The smallest absolute Gasteiger partial charge is 0.408 e. The lowest BCUT2D eigenvalue weighted by atomic mass is 9.94. The van der Waals surface area contributed by atoms with Crippen LogP contribution in [0.25, 0.3) is 5.69 Å². The Labute approximate surface area is 311 Å². The zero-order chi connectivity index (χ0) is 39.1. The molecule has 15 heteroatoms. The van der Waals surface area contributed by atoms with Gasteiger partial charge in [-0.1, -0.05) is 12.1 Å². The molecule has 2 aromatic rings. The van der Waals surface area contributed by atoms with E-state index >= 15 is 0 Å². The van der Waals surface area contributed by atoms with Crippen LogP contribution < -0.4 is 21.6 Å². The minimum Gasteiger partial charge on any atom is -0.444 e. The van der Waals surface area contributed by atoms with Crippen LogP contribution >= 0.6 is 0 Å². The van der Waals surface area contributed by atoms with Gasteiger partial charge in [0.05, 0.1) is 5.69 Å². The van der Waals surface area contributed by atoms with Gasteiger partial charge >= 0.3 is 23.9 Å². The fraction of sp³-hybridized carbons (Fsp3) is 0.632. The molecule has 1 aromatic heterocycles. The lowest BCUT2D eigenvalue weighted by Gasteiger charge is -2.38. The summed E-state index contributed by atoms with van der Waals surface area (Å²) in [5, 5.41) is 8.40. The zero-order valence-corrected chi connectivity index (χ0v) is 32.7. The van der Waals surface area contributed by atoms with Crippen molar-refractivity contribution in [3.8, 4) is 5.69 Å². The molecule has 290 valence electrons. The second-order valence-corrected chi connectivity index (χ2v) is 17.5. The number of benzene rings is 1. The van der Waals surface area contributed by atoms with Gasteiger partial charge in [0.2, 0.25) is 5.91 Å². The van der Waals surface area contributed by atoms with Crippen LogP contribution in [0.3, 0.4) is 0 Å². The Hall–Kier alpha value is -4.66. The first-order chi connectivity index (χ1) is 24.5. The highest BCUT2D eigenvalue weighted by Crippen LogP contribution is 2.57. The Morgan fingerprint density at radius 1 is 0.755 bits per heavy atom. The van der Waals surface area contributed by atoms with Gasteiger partial charge in [-0.25, -0.2) is 19.2 Å². The van der Waals surface area contributed by atoms with Gasteiger partial charge in [-0.3, -0.25) is 19.6 Å². The number of fused-ring (bicyclic) bond motifs is 1. The number of anilines is 1. The molecule has 1 aromatic carbocycles. The largest absolute Gasteiger partial charge is 0.444 e. The molecule has 3 heterocycles. The summed E-state index contributed by atoms with van der Waals surface area (Å²) in [4.78, 5) is 73.4. The minimum absolute atomic E-state index is 0.129. The number of piperidine rings is 1. The molecule has 1 saturated carbocycles. The van der Waals surface area contributed by atoms with Crippen LogP contribution in [0.15, 0.2) is 41.3 Å². The van der Waals surface area contributed by atoms with Crippen molar-refractivity contribution in [1.29, 1.82) is 0 Å². The quantitative estimate of drug-likeness (QED) is 0.360. The topological polar surface area (TPSA) is 167 Å². The van der Waals surface area contributed by atoms with E-state index < -0.39 is 34.6 Å². The van der Waals surface area contributed by atoms with E-state index in [1.54, 1.807) is 56.7 Å². The fourth-order valence-corrected chi connectivity index (χ4v) is 7.46. The molecule has 0 radical (unpaired) electrons. The van der Waals surface area contributed by atoms with Gasteiger partial charge in [0.25, 0.3) is 0 Å². The molecule has 3 fully saturated rings. The highest BCUT2D eigenvalue weighted by Gasteiger charge is 2.61. The van der Waals surface area contributed by atoms with Gasteiger partial charge < -0.3 is 29.9 Å². The third-order valence-corrected chi connectivity index (χ3v) is 9.79. The average molecular weight is 737 g/mol. The van der Waals surface area contributed by atoms with Crippen LogP contribution in [0.4, 0.5) is 20.2 Å². The summed E-state index contributed by atoms with van der Waals surface area (Å²) in [5.74, 6) is 1.32. The second-order valence-electron chi connectivity index (χ2n) is 17.5. The van der Waals surface area contributed by atoms with E-state index in [1.165, 1.54) is 4.57 Å². The lowest BCUT2D eigenvalue weighted by Crippen LogP contribution is -2.60. The van der Waals surface area contributed by atoms with Crippen molar-refractivity contribution in [2.45, 2.75) is 98.1 Å². The van der Waals surface area contributed by atoms with Crippen molar-refractivity contribution >= 4 is 29.9 Å². The minimum atomic E-state index is -1.19. The van der Waals surface area contributed by atoms with Crippen molar-refractivity contribution in [3.05, 3.63) is 52.6 Å². The van der Waals surface area contributed by atoms with E-state index in [9.17, 15) is 24.0 Å². The van der Waals surface area contributed by atoms with E-state index in [2.05, 4.69) is 39.7 Å². The third kappa shape index (κ3) is 10.1. The fourth-order valence-electron chi connectivity index (χ4n) is 7.46. The van der Waals surface area contributed by atoms with Crippen molar-refractivity contribution in [1.82, 2.24) is 34.9 Å². The number of carbonyl (C=O) groups excluding carboxylic acids is 4. The third-order valence-electron chi connectivity index (χ3n) is 9.79. The number of rotatable bonds is 8. The number of hydrogen-bond donors (Lipinski definition) is 3. The van der Waals surface area contributed by atoms with Gasteiger partial charge in [0.15, 0.2) is 0 Å². The van der Waals surface area contributed by atoms with Gasteiger partial charge in [-0.05, 0) is 111 Å². The molecule has 5 rings (SSSR count). The summed E-state index contributed by atoms with van der Waals surface area (Å²) in [7, 11) is 0. The van der Waals surface area contributed by atoms with Crippen molar-refractivity contribution < 1.29 is 28.7 Å². The zero-order valence-electron chi connectivity index (χ0n) is 32.7. The Morgan fingerprint density at radius 2 is 1.28 bits per heavy atom. The monoisotopic (exact) mass is 736 g/mol. The predicted octanol–water partition coefficient (Wildman–Crippen LogP) is 4.19. The maximum Gasteiger partial charge on any atom is 0.408 e. The molecule has 3 atom stereocenters. The SMILES string of the molecule is CC(C)(C)OC(=O)NC(C)(C)C(=O)N1CCN(C(=O)Nc2ccn(-c3ccc(CN4C[C@@H]5C(C(C)(C)NC(=O)OC(C)(C)C)[C@@H]5C4)cc3)c(=O)n2)CC1. The van der Waals surface area contributed by atoms with Crippen molar-refractivity contribution in [2.24, 2.45) is 17.8 Å². The number of piperazine rings is 1. The van der Waals surface area contributed by atoms with E-state index in [1.807, 2.05) is 45.0 Å². The Balaban J connectivity index is 1.07. The second kappa shape index (κ2) is 14.6. The molecule has 53 heavy (non-hydrogen) atoms. The maximum absolute atomic E-state index is 13.2. The number of nitrogens with zero attached hydrogens (tertiary/aromatic N) is 5. The molecule has 5 amide bonds. The molecule has 3 N–H and O–H groups in total. The first-order valence-electron chi connectivity index (χ1n) is 18.3. The maximum atomic E-state index is 13.2. The van der Waals surface area contributed by atoms with E-state index in [-0.39, 0.29) is 49.5 Å². The van der Waals surface area contributed by atoms with E-state index in [0.29, 0.717) is 23.4 Å². The summed E-state index contributed by atoms with van der Waals surface area (Å²) < 4.78 is 12.2. The number of carbonyl (C=O) groups is 4. The molecular weight excluding hydrogens is 680 g/mol. The Kier molecular flexibility index (Phi) is 10.9. The van der Waals surface area contributed by atoms with Gasteiger partial charge in [0.1, 0.15) is 22.6 Å². The van der Waals surface area contributed by atoms with Crippen molar-refractivity contribution in [2.75, 3.05) is 44.6 Å². The van der Waals surface area contributed by atoms with Crippen LogP contribution in [0.1, 0.15) is 74.8 Å². The lowest BCUT2D eigenvalue weighted by molar-refractivity contribution is -0.138. The van der Waals surface area contributed by atoms with E-state index in [4.69, 9.17) is 9.47 Å². The van der Waals surface area contributed by atoms with Crippen LogP contribution in [0.2, 0.25) is 0 Å². The Bertz CT molecular complexity index is 1740. The molecule has 1 unspecified atom stereocenters. The molecule has 15 nitrogen and oxygen atoms in total. The standard InChI is InChI=1S/C38H56N8O7/c1-35(2,3)52-33(50)41-37(7,8)29-26-22-43(23-27(26)29)21-24-11-13-25(14-12-24)46-16-15-28(40-32(46)49)39-31(48)45-19-17-44(18-20-45)30(47)38(9,10)42-34(51)53-36(4,5)6/h11-16,26-27,29H,17-23H2,1-10H3,(H,41,50)(H,42,51)(H,39,40,48,49)/t26-,27+,29?. The predicted molar refractivity (Wildman–Crippen MR) is 200 cm³/mol. The number of amides is 5. The number of likely N-dealkylation sites (tertiary alicyclic amines) is 1. The Morgan fingerprint density at radius 3 is 1.81 bits per heavy atom. The molecule has 2 aliphatic heterocycles. The summed E-state index contributed by atoms with van der Waals surface area (Å²) in [6.45, 7) is 22.0. The summed E-state index contributed by atoms with van der Waals surface area (Å²) >= 11 is 0. The van der Waals surface area contributed by atoms with Gasteiger partial charge in [-0.15, -0.1) is 0 Å². The molecule has 0 bridgehead atoms. The highest BCUT2D eigenvalue weighted by atomic mass is 16.6. The molecule has 2 saturated heterocycles. The van der Waals surface area contributed by atoms with E-state index in [0.717, 1.165) is 25.2 Å². The summed E-state index contributed by atoms with van der Waals surface area (Å²) in [5.41, 5.74) is -1.50. The van der Waals surface area contributed by atoms with Crippen LogP contribution in [0, 0.1) is 17.8 Å². The number of ether oxygens (including phenoxy) is 2. The summed E-state index contributed by atoms with van der Waals surface area (Å²) in [6, 6.07) is 8.93. The molecule has 3 aliphatic rings. The first-order valence-corrected chi connectivity index (χ1v) is 18.3. The van der Waals surface area contributed by atoms with Crippen LogP contribution in [-0.2, 0) is 20.8 Å². The first kappa shape index (κ1) is 39.5. The average Bonchev–Trinajstić information content (AvgIpc) is 3.56. The van der Waals surface area contributed by atoms with Crippen LogP contribution in [0.5, 0.6) is 0 Å².